The van der Waals surface area contributed by atoms with Crippen molar-refractivity contribution in [3.63, 3.8) is 0 Å². The maximum Gasteiger partial charge on any atom is 0.125 e. The van der Waals surface area contributed by atoms with Gasteiger partial charge in [-0.1, -0.05) is 24.3 Å². The average Bonchev–Trinajstić information content (AvgIpc) is 2.53. The molecular formula is C10H10N2. The molecule has 0 radical (unpaired) electrons. The van der Waals surface area contributed by atoms with E-state index in [1.54, 1.807) is 0 Å². The molecule has 2 heteroatoms. The molecule has 2 nitrogen and oxygen atoms in total. The van der Waals surface area contributed by atoms with E-state index in [9.17, 15) is 0 Å². The van der Waals surface area contributed by atoms with E-state index < -0.39 is 0 Å². The van der Waals surface area contributed by atoms with Gasteiger partial charge in [0.05, 0.1) is 0 Å². The van der Waals surface area contributed by atoms with Gasteiger partial charge in [-0.05, 0) is 18.2 Å². The summed E-state index contributed by atoms with van der Waals surface area (Å²) in [4.78, 5) is 1.96. The Morgan fingerprint density at radius 2 is 1.92 bits per heavy atom. The third-order valence-electron chi connectivity index (χ3n) is 1.92. The zero-order valence-electron chi connectivity index (χ0n) is 6.70. The number of rotatable bonds is 1. The maximum atomic E-state index is 7.58. The van der Waals surface area contributed by atoms with Gasteiger partial charge in [0.1, 0.15) is 5.84 Å². The number of nitrogens with zero attached hydrogens (tertiary/aromatic N) is 1. The molecule has 0 unspecified atom stereocenters. The van der Waals surface area contributed by atoms with Crippen molar-refractivity contribution < 1.29 is 0 Å². The topological polar surface area (TPSA) is 27.1 Å². The summed E-state index contributed by atoms with van der Waals surface area (Å²) in [6.45, 7) is 0.822. The smallest absolute Gasteiger partial charge is 0.125 e. The second-order valence-corrected chi connectivity index (χ2v) is 2.73. The van der Waals surface area contributed by atoms with Crippen LogP contribution >= 0.6 is 0 Å². The SMILES string of the molecule is N=C1C=CCN1c1ccccc1. The zero-order valence-corrected chi connectivity index (χ0v) is 6.70. The standard InChI is InChI=1S/C10H10N2/c11-10-7-4-8-12(10)9-5-2-1-3-6-9/h1-7,11H,8H2. The van der Waals surface area contributed by atoms with E-state index in [2.05, 4.69) is 0 Å². The van der Waals surface area contributed by atoms with E-state index in [1.165, 1.54) is 0 Å². The molecule has 1 aliphatic rings. The molecule has 0 atom stereocenters. The molecule has 2 rings (SSSR count). The number of anilines is 1. The van der Waals surface area contributed by atoms with Crippen molar-refractivity contribution in [3.8, 4) is 0 Å². The van der Waals surface area contributed by atoms with Crippen LogP contribution in [0.5, 0.6) is 0 Å². The molecule has 1 N–H and O–H groups in total. The highest BCUT2D eigenvalue weighted by atomic mass is 15.2. The first-order chi connectivity index (χ1) is 5.88. The molecule has 0 saturated heterocycles. The minimum Gasteiger partial charge on any atom is -0.323 e. The molecule has 1 heterocycles. The lowest BCUT2D eigenvalue weighted by Crippen LogP contribution is -2.23. The van der Waals surface area contributed by atoms with Gasteiger partial charge < -0.3 is 4.90 Å². The van der Waals surface area contributed by atoms with Crippen LogP contribution in [0.3, 0.4) is 0 Å². The van der Waals surface area contributed by atoms with E-state index in [0.29, 0.717) is 5.84 Å². The van der Waals surface area contributed by atoms with Crippen molar-refractivity contribution >= 4 is 11.5 Å². The second-order valence-electron chi connectivity index (χ2n) is 2.73. The minimum absolute atomic E-state index is 0.571. The van der Waals surface area contributed by atoms with Crippen LogP contribution in [-0.4, -0.2) is 12.4 Å². The Balaban J connectivity index is 2.27. The van der Waals surface area contributed by atoms with E-state index in [4.69, 9.17) is 5.41 Å². The molecule has 0 fully saturated rings. The molecular weight excluding hydrogens is 148 g/mol. The predicted molar refractivity (Wildman–Crippen MR) is 50.7 cm³/mol. The number of nitrogens with one attached hydrogen (secondary N) is 1. The maximum absolute atomic E-state index is 7.58. The lowest BCUT2D eigenvalue weighted by Gasteiger charge is -2.17. The monoisotopic (exact) mass is 158 g/mol. The first kappa shape index (κ1) is 7.10. The van der Waals surface area contributed by atoms with Crippen LogP contribution < -0.4 is 4.90 Å². The molecule has 12 heavy (non-hydrogen) atoms. The van der Waals surface area contributed by atoms with Crippen LogP contribution in [0.2, 0.25) is 0 Å². The summed E-state index contributed by atoms with van der Waals surface area (Å²) in [7, 11) is 0. The highest BCUT2D eigenvalue weighted by Gasteiger charge is 2.11. The average molecular weight is 158 g/mol. The Bertz CT molecular complexity index is 314. The molecule has 0 aromatic heterocycles. The van der Waals surface area contributed by atoms with E-state index in [1.807, 2.05) is 47.4 Å². The van der Waals surface area contributed by atoms with Gasteiger partial charge in [0, 0.05) is 12.2 Å². The second kappa shape index (κ2) is 2.81. The Morgan fingerprint density at radius 3 is 2.50 bits per heavy atom. The summed E-state index contributed by atoms with van der Waals surface area (Å²) in [6.07, 6.45) is 3.82. The first-order valence-electron chi connectivity index (χ1n) is 3.95. The van der Waals surface area contributed by atoms with Crippen molar-refractivity contribution in [2.45, 2.75) is 0 Å². The Labute approximate surface area is 71.6 Å². The zero-order chi connectivity index (χ0) is 8.39. The molecule has 0 spiro atoms. The van der Waals surface area contributed by atoms with Crippen molar-refractivity contribution in [2.24, 2.45) is 0 Å². The van der Waals surface area contributed by atoms with E-state index >= 15 is 0 Å². The fourth-order valence-corrected chi connectivity index (χ4v) is 1.31. The largest absolute Gasteiger partial charge is 0.323 e. The molecule has 0 bridgehead atoms. The van der Waals surface area contributed by atoms with Gasteiger partial charge in [-0.3, -0.25) is 5.41 Å². The van der Waals surface area contributed by atoms with Crippen LogP contribution in [-0.2, 0) is 0 Å². The van der Waals surface area contributed by atoms with Crippen LogP contribution in [0, 0.1) is 5.41 Å². The van der Waals surface area contributed by atoms with Crippen LogP contribution in [0.4, 0.5) is 5.69 Å². The number of para-hydroxylation sites is 1. The van der Waals surface area contributed by atoms with Gasteiger partial charge in [0.2, 0.25) is 0 Å². The quantitative estimate of drug-likeness (QED) is 0.665. The van der Waals surface area contributed by atoms with Gasteiger partial charge in [-0.25, -0.2) is 0 Å². The summed E-state index contributed by atoms with van der Waals surface area (Å²) in [6, 6.07) is 9.99. The van der Waals surface area contributed by atoms with Crippen LogP contribution in [0.1, 0.15) is 0 Å². The normalized spacial score (nSPS) is 15.7. The Kier molecular flexibility index (Phi) is 1.67. The number of hydrogen-bond donors (Lipinski definition) is 1. The summed E-state index contributed by atoms with van der Waals surface area (Å²) in [5, 5.41) is 7.58. The third kappa shape index (κ3) is 1.11. The predicted octanol–water partition coefficient (Wildman–Crippen LogP) is 2.04. The van der Waals surface area contributed by atoms with Crippen molar-refractivity contribution in [3.05, 3.63) is 42.5 Å². The molecule has 60 valence electrons. The minimum atomic E-state index is 0.571. The highest BCUT2D eigenvalue weighted by Crippen LogP contribution is 2.16. The van der Waals surface area contributed by atoms with Crippen LogP contribution in [0.25, 0.3) is 0 Å². The summed E-state index contributed by atoms with van der Waals surface area (Å²) < 4.78 is 0. The van der Waals surface area contributed by atoms with Crippen molar-refractivity contribution in [1.82, 2.24) is 0 Å². The molecule has 1 aromatic rings. The van der Waals surface area contributed by atoms with Crippen molar-refractivity contribution in [1.29, 1.82) is 5.41 Å². The summed E-state index contributed by atoms with van der Waals surface area (Å²) in [5.41, 5.74) is 1.09. The van der Waals surface area contributed by atoms with Gasteiger partial charge in [-0.2, -0.15) is 0 Å². The fraction of sp³-hybridized carbons (Fsp3) is 0.100. The van der Waals surface area contributed by atoms with Gasteiger partial charge in [-0.15, -0.1) is 0 Å². The van der Waals surface area contributed by atoms with Gasteiger partial charge in [0.25, 0.3) is 0 Å². The molecule has 1 aromatic carbocycles. The van der Waals surface area contributed by atoms with Gasteiger partial charge in [0.15, 0.2) is 0 Å². The summed E-state index contributed by atoms with van der Waals surface area (Å²) >= 11 is 0. The third-order valence-corrected chi connectivity index (χ3v) is 1.92. The highest BCUT2D eigenvalue weighted by molar-refractivity contribution is 6.05. The number of benzene rings is 1. The molecule has 0 saturated carbocycles. The molecule has 0 amide bonds. The fourth-order valence-electron chi connectivity index (χ4n) is 1.31. The van der Waals surface area contributed by atoms with Gasteiger partial charge >= 0.3 is 0 Å². The first-order valence-corrected chi connectivity index (χ1v) is 3.95. The van der Waals surface area contributed by atoms with E-state index in [0.717, 1.165) is 12.2 Å². The Morgan fingerprint density at radius 1 is 1.17 bits per heavy atom. The van der Waals surface area contributed by atoms with Crippen LogP contribution in [0.15, 0.2) is 42.5 Å². The lowest BCUT2D eigenvalue weighted by atomic mass is 10.3. The van der Waals surface area contributed by atoms with E-state index in [-0.39, 0.29) is 0 Å². The lowest BCUT2D eigenvalue weighted by molar-refractivity contribution is 1.16. The van der Waals surface area contributed by atoms with Crippen molar-refractivity contribution in [2.75, 3.05) is 11.4 Å². The molecule has 0 aliphatic carbocycles. The number of amidine groups is 1. The number of hydrogen-bond acceptors (Lipinski definition) is 1. The Hall–Kier alpha value is -1.57. The molecule has 1 aliphatic heterocycles. The summed E-state index contributed by atoms with van der Waals surface area (Å²) in [5.74, 6) is 0.571.